The van der Waals surface area contributed by atoms with Crippen LogP contribution in [0.25, 0.3) is 0 Å². The van der Waals surface area contributed by atoms with Crippen LogP contribution in [0.15, 0.2) is 54.6 Å². The lowest BCUT2D eigenvalue weighted by molar-refractivity contribution is 0.0971. The zero-order chi connectivity index (χ0) is 18.4. The average Bonchev–Trinajstić information content (AvgIpc) is 2.62. The Bertz CT molecular complexity index is 788. The van der Waals surface area contributed by atoms with E-state index >= 15 is 0 Å². The zero-order valence-electron chi connectivity index (χ0n) is 14.9. The van der Waals surface area contributed by atoms with E-state index in [4.69, 9.17) is 0 Å². The molecule has 3 heteroatoms. The van der Waals surface area contributed by atoms with Crippen LogP contribution in [0.3, 0.4) is 0 Å². The summed E-state index contributed by atoms with van der Waals surface area (Å²) in [6.45, 7) is 6.39. The average molecular weight is 330 g/mol. The predicted molar refractivity (Wildman–Crippen MR) is 98.0 cm³/mol. The van der Waals surface area contributed by atoms with Crippen molar-refractivity contribution in [1.29, 1.82) is 10.5 Å². The lowest BCUT2D eigenvalue weighted by atomic mass is 9.80. The van der Waals surface area contributed by atoms with E-state index in [-0.39, 0.29) is 17.6 Å². The molecule has 25 heavy (non-hydrogen) atoms. The molecule has 126 valence electrons. The van der Waals surface area contributed by atoms with Gasteiger partial charge in [-0.1, -0.05) is 75.4 Å². The summed E-state index contributed by atoms with van der Waals surface area (Å²) in [5.41, 5.74) is 2.66. The molecule has 0 heterocycles. The standard InChI is InChI=1S/C22H22N2O/c1-22(2,3)19-11-9-16(10-12-19)20(18(14-23)15-24)13-21(25)17-7-5-4-6-8-17/h4-12,18,20H,13H2,1-3H3/t20-/m1/s1. The van der Waals surface area contributed by atoms with Gasteiger partial charge in [-0.2, -0.15) is 10.5 Å². The molecule has 0 aliphatic rings. The van der Waals surface area contributed by atoms with E-state index in [9.17, 15) is 15.3 Å². The monoisotopic (exact) mass is 330 g/mol. The normalized spacial score (nSPS) is 12.2. The summed E-state index contributed by atoms with van der Waals surface area (Å²) in [6, 6.07) is 21.0. The molecule has 2 aromatic carbocycles. The number of carbonyl (C=O) groups excluding carboxylic acids is 1. The van der Waals surface area contributed by atoms with E-state index in [0.29, 0.717) is 5.56 Å². The van der Waals surface area contributed by atoms with Gasteiger partial charge in [0.2, 0.25) is 0 Å². The fraction of sp³-hybridized carbons (Fsp3) is 0.318. The molecule has 0 bridgehead atoms. The molecular weight excluding hydrogens is 308 g/mol. The topological polar surface area (TPSA) is 64.7 Å². The van der Waals surface area contributed by atoms with Crippen LogP contribution < -0.4 is 0 Å². The van der Waals surface area contributed by atoms with Crippen LogP contribution in [0.2, 0.25) is 0 Å². The Morgan fingerprint density at radius 2 is 1.52 bits per heavy atom. The smallest absolute Gasteiger partial charge is 0.163 e. The van der Waals surface area contributed by atoms with Crippen LogP contribution in [0.5, 0.6) is 0 Å². The number of benzene rings is 2. The highest BCUT2D eigenvalue weighted by molar-refractivity contribution is 5.96. The Morgan fingerprint density at radius 3 is 2.00 bits per heavy atom. The van der Waals surface area contributed by atoms with Gasteiger partial charge in [-0.15, -0.1) is 0 Å². The number of rotatable bonds is 5. The third-order valence-corrected chi connectivity index (χ3v) is 4.39. The van der Waals surface area contributed by atoms with Gasteiger partial charge in [-0.25, -0.2) is 0 Å². The SMILES string of the molecule is CC(C)(C)c1ccc([C@@H](CC(=O)c2ccccc2)C(C#N)C#N)cc1. The number of carbonyl (C=O) groups is 1. The minimum atomic E-state index is -0.854. The highest BCUT2D eigenvalue weighted by Crippen LogP contribution is 2.31. The van der Waals surface area contributed by atoms with Crippen LogP contribution in [0, 0.1) is 28.6 Å². The molecule has 0 unspecified atom stereocenters. The molecule has 2 aromatic rings. The molecule has 0 saturated heterocycles. The van der Waals surface area contributed by atoms with Crippen LogP contribution in [0.1, 0.15) is 54.6 Å². The van der Waals surface area contributed by atoms with Crippen molar-refractivity contribution in [1.82, 2.24) is 0 Å². The van der Waals surface area contributed by atoms with Gasteiger partial charge in [0.1, 0.15) is 5.92 Å². The molecule has 1 atom stereocenters. The Labute approximate surface area is 149 Å². The van der Waals surface area contributed by atoms with Gasteiger partial charge in [-0.3, -0.25) is 4.79 Å². The van der Waals surface area contributed by atoms with Crippen molar-refractivity contribution in [3.63, 3.8) is 0 Å². The molecule has 3 nitrogen and oxygen atoms in total. The Morgan fingerprint density at radius 1 is 0.960 bits per heavy atom. The molecule has 0 spiro atoms. The first kappa shape index (κ1) is 18.4. The maximum atomic E-state index is 12.6. The molecule has 0 N–H and O–H groups in total. The van der Waals surface area contributed by atoms with Gasteiger partial charge in [0.15, 0.2) is 5.78 Å². The summed E-state index contributed by atoms with van der Waals surface area (Å²) in [5, 5.41) is 18.7. The summed E-state index contributed by atoms with van der Waals surface area (Å²) in [4.78, 5) is 12.6. The Kier molecular flexibility index (Phi) is 5.73. The summed E-state index contributed by atoms with van der Waals surface area (Å²) < 4.78 is 0. The van der Waals surface area contributed by atoms with E-state index < -0.39 is 11.8 Å². The van der Waals surface area contributed by atoms with Gasteiger partial charge < -0.3 is 0 Å². The summed E-state index contributed by atoms with van der Waals surface area (Å²) >= 11 is 0. The van der Waals surface area contributed by atoms with Gasteiger partial charge >= 0.3 is 0 Å². The fourth-order valence-corrected chi connectivity index (χ4v) is 2.81. The van der Waals surface area contributed by atoms with Crippen LogP contribution in [0.4, 0.5) is 0 Å². The maximum Gasteiger partial charge on any atom is 0.163 e. The van der Waals surface area contributed by atoms with Gasteiger partial charge in [0, 0.05) is 17.9 Å². The first-order valence-corrected chi connectivity index (χ1v) is 8.34. The highest BCUT2D eigenvalue weighted by atomic mass is 16.1. The van der Waals surface area contributed by atoms with Gasteiger partial charge in [0.25, 0.3) is 0 Å². The van der Waals surface area contributed by atoms with Gasteiger partial charge in [0.05, 0.1) is 12.1 Å². The fourth-order valence-electron chi connectivity index (χ4n) is 2.81. The molecule has 2 rings (SSSR count). The van der Waals surface area contributed by atoms with E-state index in [1.807, 2.05) is 54.6 Å². The number of nitrogens with zero attached hydrogens (tertiary/aromatic N) is 2. The summed E-state index contributed by atoms with van der Waals surface area (Å²) in [7, 11) is 0. The second-order valence-corrected chi connectivity index (χ2v) is 7.21. The van der Waals surface area contributed by atoms with Crippen molar-refractivity contribution in [3.8, 4) is 12.1 Å². The third kappa shape index (κ3) is 4.55. The quantitative estimate of drug-likeness (QED) is 0.724. The van der Waals surface area contributed by atoms with E-state index in [0.717, 1.165) is 5.56 Å². The highest BCUT2D eigenvalue weighted by Gasteiger charge is 2.26. The number of hydrogen-bond donors (Lipinski definition) is 0. The molecule has 0 saturated carbocycles. The van der Waals surface area contributed by atoms with Crippen molar-refractivity contribution >= 4 is 5.78 Å². The van der Waals surface area contributed by atoms with E-state index in [1.54, 1.807) is 12.1 Å². The molecule has 0 fully saturated rings. The lowest BCUT2D eigenvalue weighted by Crippen LogP contribution is -2.16. The zero-order valence-corrected chi connectivity index (χ0v) is 14.9. The van der Waals surface area contributed by atoms with Gasteiger partial charge in [-0.05, 0) is 16.5 Å². The van der Waals surface area contributed by atoms with Crippen LogP contribution >= 0.6 is 0 Å². The lowest BCUT2D eigenvalue weighted by Gasteiger charge is -2.22. The number of nitriles is 2. The second-order valence-electron chi connectivity index (χ2n) is 7.21. The second kappa shape index (κ2) is 7.77. The van der Waals surface area contributed by atoms with E-state index in [1.165, 1.54) is 5.56 Å². The van der Waals surface area contributed by atoms with Crippen molar-refractivity contribution in [2.24, 2.45) is 5.92 Å². The maximum absolute atomic E-state index is 12.6. The van der Waals surface area contributed by atoms with Crippen molar-refractivity contribution < 1.29 is 4.79 Å². The molecule has 0 aliphatic carbocycles. The Hall–Kier alpha value is -2.91. The van der Waals surface area contributed by atoms with Crippen molar-refractivity contribution in [2.45, 2.75) is 38.5 Å². The molecule has 0 amide bonds. The summed E-state index contributed by atoms with van der Waals surface area (Å²) in [5.74, 6) is -1.34. The molecule has 0 radical (unpaired) electrons. The van der Waals surface area contributed by atoms with E-state index in [2.05, 4.69) is 20.8 Å². The molecular formula is C22H22N2O. The van der Waals surface area contributed by atoms with Crippen molar-refractivity contribution in [2.75, 3.05) is 0 Å². The number of hydrogen-bond acceptors (Lipinski definition) is 3. The first-order chi connectivity index (χ1) is 11.9. The molecule has 0 aromatic heterocycles. The van der Waals surface area contributed by atoms with Crippen LogP contribution in [-0.2, 0) is 5.41 Å². The number of Topliss-reactive ketones (excluding diaryl/α,β-unsaturated/α-hetero) is 1. The Balaban J connectivity index is 2.32. The largest absolute Gasteiger partial charge is 0.294 e. The molecule has 0 aliphatic heterocycles. The predicted octanol–water partition coefficient (Wildman–Crippen LogP) is 5.00. The van der Waals surface area contributed by atoms with Crippen LogP contribution in [-0.4, -0.2) is 5.78 Å². The summed E-state index contributed by atoms with van der Waals surface area (Å²) in [6.07, 6.45) is 0.144. The third-order valence-electron chi connectivity index (χ3n) is 4.39. The first-order valence-electron chi connectivity index (χ1n) is 8.34. The van der Waals surface area contributed by atoms with Crippen molar-refractivity contribution in [3.05, 3.63) is 71.3 Å². The number of ketones is 1. The minimum absolute atomic E-state index is 0.0255. The minimum Gasteiger partial charge on any atom is -0.294 e.